The molecule has 2 amide bonds. The van der Waals surface area contributed by atoms with Gasteiger partial charge in [0.15, 0.2) is 0 Å². The molecule has 5 heteroatoms. The summed E-state index contributed by atoms with van der Waals surface area (Å²) < 4.78 is 4.98. The van der Waals surface area contributed by atoms with Gasteiger partial charge in [-0.3, -0.25) is 4.79 Å². The van der Waals surface area contributed by atoms with E-state index in [0.29, 0.717) is 6.61 Å². The highest BCUT2D eigenvalue weighted by Gasteiger charge is 2.48. The lowest BCUT2D eigenvalue weighted by Gasteiger charge is -2.42. The van der Waals surface area contributed by atoms with Gasteiger partial charge in [0.05, 0.1) is 12.6 Å². The molecule has 0 aromatic heterocycles. The maximum absolute atomic E-state index is 11.7. The summed E-state index contributed by atoms with van der Waals surface area (Å²) in [5.41, 5.74) is 2.67. The van der Waals surface area contributed by atoms with Gasteiger partial charge in [0.2, 0.25) is 5.91 Å². The van der Waals surface area contributed by atoms with Crippen molar-refractivity contribution in [1.82, 2.24) is 10.6 Å². The average molecular weight is 330 g/mol. The van der Waals surface area contributed by atoms with Gasteiger partial charge in [-0.2, -0.15) is 0 Å². The standard InChI is InChI=1S/C19H26N2O3/c1-3-24-18(23)21-15-8-10-19(11-9-15)12-14-6-4-5-7-16(14)17(19)20-13(2)22/h4-7,15,17H,3,8-12H2,1-2H3,(H,20,22)(H,21,23). The number of benzene rings is 1. The highest BCUT2D eigenvalue weighted by Crippen LogP contribution is 2.53. The molecule has 24 heavy (non-hydrogen) atoms. The first kappa shape index (κ1) is 16.8. The van der Waals surface area contributed by atoms with E-state index < -0.39 is 0 Å². The van der Waals surface area contributed by atoms with Gasteiger partial charge in [-0.25, -0.2) is 4.79 Å². The van der Waals surface area contributed by atoms with E-state index in [0.717, 1.165) is 32.1 Å². The molecule has 1 spiro atoms. The molecule has 0 heterocycles. The number of alkyl carbamates (subject to hydrolysis) is 1. The first-order valence-corrected chi connectivity index (χ1v) is 8.82. The van der Waals surface area contributed by atoms with Crippen LogP contribution in [0.1, 0.15) is 56.7 Å². The summed E-state index contributed by atoms with van der Waals surface area (Å²) in [5.74, 6) is 0.0165. The van der Waals surface area contributed by atoms with Gasteiger partial charge in [0.1, 0.15) is 0 Å². The van der Waals surface area contributed by atoms with Crippen molar-refractivity contribution in [3.8, 4) is 0 Å². The van der Waals surface area contributed by atoms with Crippen LogP contribution in [0.4, 0.5) is 4.79 Å². The lowest BCUT2D eigenvalue weighted by molar-refractivity contribution is -0.120. The minimum atomic E-state index is -0.327. The van der Waals surface area contributed by atoms with Crippen molar-refractivity contribution in [1.29, 1.82) is 0 Å². The monoisotopic (exact) mass is 330 g/mol. The minimum absolute atomic E-state index is 0.0165. The fraction of sp³-hybridized carbons (Fsp3) is 0.579. The van der Waals surface area contributed by atoms with Crippen LogP contribution in [0.2, 0.25) is 0 Å². The number of carbonyl (C=O) groups excluding carboxylic acids is 2. The SMILES string of the molecule is CCOC(=O)NC1CCC2(CC1)Cc1ccccc1C2NC(C)=O. The lowest BCUT2D eigenvalue weighted by Crippen LogP contribution is -2.45. The van der Waals surface area contributed by atoms with Crippen molar-refractivity contribution >= 4 is 12.0 Å². The Morgan fingerprint density at radius 2 is 1.92 bits per heavy atom. The van der Waals surface area contributed by atoms with Gasteiger partial charge in [-0.05, 0) is 55.6 Å². The van der Waals surface area contributed by atoms with Crippen LogP contribution in [0.15, 0.2) is 24.3 Å². The predicted molar refractivity (Wildman–Crippen MR) is 91.6 cm³/mol. The zero-order valence-corrected chi connectivity index (χ0v) is 14.4. The Bertz CT molecular complexity index is 621. The van der Waals surface area contributed by atoms with Gasteiger partial charge in [0, 0.05) is 13.0 Å². The van der Waals surface area contributed by atoms with Crippen molar-refractivity contribution in [3.05, 3.63) is 35.4 Å². The second kappa shape index (κ2) is 6.83. The molecule has 2 aliphatic rings. The molecule has 0 radical (unpaired) electrons. The van der Waals surface area contributed by atoms with Crippen molar-refractivity contribution in [2.75, 3.05) is 6.61 Å². The number of hydrogen-bond donors (Lipinski definition) is 2. The molecule has 2 aliphatic carbocycles. The Hall–Kier alpha value is -2.04. The maximum Gasteiger partial charge on any atom is 0.407 e. The molecule has 1 atom stereocenters. The van der Waals surface area contributed by atoms with E-state index in [-0.39, 0.29) is 29.5 Å². The number of fused-ring (bicyclic) bond motifs is 1. The molecule has 0 bridgehead atoms. The molecule has 1 aromatic rings. The molecule has 0 saturated heterocycles. The zero-order valence-electron chi connectivity index (χ0n) is 14.4. The normalized spacial score (nSPS) is 28.2. The molecule has 1 fully saturated rings. The summed E-state index contributed by atoms with van der Waals surface area (Å²) in [7, 11) is 0. The molecule has 2 N–H and O–H groups in total. The minimum Gasteiger partial charge on any atom is -0.450 e. The summed E-state index contributed by atoms with van der Waals surface area (Å²) in [6.07, 6.45) is 4.49. The van der Waals surface area contributed by atoms with E-state index in [2.05, 4.69) is 28.8 Å². The summed E-state index contributed by atoms with van der Waals surface area (Å²) in [6, 6.07) is 8.65. The van der Waals surface area contributed by atoms with Gasteiger partial charge in [-0.1, -0.05) is 24.3 Å². The van der Waals surface area contributed by atoms with Crippen LogP contribution < -0.4 is 10.6 Å². The topological polar surface area (TPSA) is 67.4 Å². The van der Waals surface area contributed by atoms with Crippen LogP contribution in [0.25, 0.3) is 0 Å². The van der Waals surface area contributed by atoms with Crippen LogP contribution >= 0.6 is 0 Å². The molecule has 1 saturated carbocycles. The molecule has 5 nitrogen and oxygen atoms in total. The van der Waals surface area contributed by atoms with Gasteiger partial charge < -0.3 is 15.4 Å². The summed E-state index contributed by atoms with van der Waals surface area (Å²) in [5, 5.41) is 6.14. The van der Waals surface area contributed by atoms with E-state index in [1.807, 2.05) is 13.0 Å². The van der Waals surface area contributed by atoms with Gasteiger partial charge in [-0.15, -0.1) is 0 Å². The zero-order chi connectivity index (χ0) is 17.2. The smallest absolute Gasteiger partial charge is 0.407 e. The Balaban J connectivity index is 1.72. The molecule has 0 aliphatic heterocycles. The van der Waals surface area contributed by atoms with E-state index >= 15 is 0 Å². The third-order valence-corrected chi connectivity index (χ3v) is 5.45. The predicted octanol–water partition coefficient (Wildman–Crippen LogP) is 3.10. The number of ether oxygens (including phenoxy) is 1. The van der Waals surface area contributed by atoms with Crippen molar-refractivity contribution < 1.29 is 14.3 Å². The highest BCUT2D eigenvalue weighted by atomic mass is 16.5. The molecular formula is C19H26N2O3. The second-order valence-corrected chi connectivity index (χ2v) is 7.01. The third-order valence-electron chi connectivity index (χ3n) is 5.45. The third kappa shape index (κ3) is 3.25. The number of hydrogen-bond acceptors (Lipinski definition) is 3. The first-order valence-electron chi connectivity index (χ1n) is 8.82. The molecule has 3 rings (SSSR count). The summed E-state index contributed by atoms with van der Waals surface area (Å²) in [4.78, 5) is 23.4. The summed E-state index contributed by atoms with van der Waals surface area (Å²) >= 11 is 0. The Morgan fingerprint density at radius 3 is 2.58 bits per heavy atom. The average Bonchev–Trinajstić information content (AvgIpc) is 2.83. The van der Waals surface area contributed by atoms with Crippen molar-refractivity contribution in [2.45, 2.75) is 58.0 Å². The fourth-order valence-electron chi connectivity index (χ4n) is 4.36. The molecule has 1 unspecified atom stereocenters. The number of nitrogens with one attached hydrogen (secondary N) is 2. The number of rotatable bonds is 3. The van der Waals surface area contributed by atoms with E-state index in [4.69, 9.17) is 4.74 Å². The van der Waals surface area contributed by atoms with Crippen LogP contribution in [0, 0.1) is 5.41 Å². The lowest BCUT2D eigenvalue weighted by atomic mass is 9.68. The Morgan fingerprint density at radius 1 is 1.21 bits per heavy atom. The van der Waals surface area contributed by atoms with Gasteiger partial charge >= 0.3 is 6.09 Å². The van der Waals surface area contributed by atoms with Crippen LogP contribution in [0.3, 0.4) is 0 Å². The molecule has 1 aromatic carbocycles. The largest absolute Gasteiger partial charge is 0.450 e. The Kier molecular flexibility index (Phi) is 4.78. The number of carbonyl (C=O) groups is 2. The van der Waals surface area contributed by atoms with Crippen LogP contribution in [0.5, 0.6) is 0 Å². The Labute approximate surface area is 143 Å². The maximum atomic E-state index is 11.7. The number of amides is 2. The van der Waals surface area contributed by atoms with Crippen LogP contribution in [-0.4, -0.2) is 24.6 Å². The summed E-state index contributed by atoms with van der Waals surface area (Å²) in [6.45, 7) is 3.79. The second-order valence-electron chi connectivity index (χ2n) is 7.01. The van der Waals surface area contributed by atoms with Crippen molar-refractivity contribution in [3.63, 3.8) is 0 Å². The van der Waals surface area contributed by atoms with Crippen LogP contribution in [-0.2, 0) is 16.0 Å². The molecular weight excluding hydrogens is 304 g/mol. The van der Waals surface area contributed by atoms with Crippen molar-refractivity contribution in [2.24, 2.45) is 5.41 Å². The quantitative estimate of drug-likeness (QED) is 0.895. The van der Waals surface area contributed by atoms with E-state index in [1.165, 1.54) is 11.1 Å². The van der Waals surface area contributed by atoms with E-state index in [1.54, 1.807) is 6.92 Å². The van der Waals surface area contributed by atoms with Gasteiger partial charge in [0.25, 0.3) is 0 Å². The van der Waals surface area contributed by atoms with E-state index in [9.17, 15) is 9.59 Å². The first-order chi connectivity index (χ1) is 11.5. The fourth-order valence-corrected chi connectivity index (χ4v) is 4.36. The highest BCUT2D eigenvalue weighted by molar-refractivity contribution is 5.74. The molecule has 130 valence electrons.